The van der Waals surface area contributed by atoms with Crippen LogP contribution in [0, 0.1) is 5.92 Å². The summed E-state index contributed by atoms with van der Waals surface area (Å²) in [6.07, 6.45) is 2.60. The summed E-state index contributed by atoms with van der Waals surface area (Å²) in [6.45, 7) is 2.64. The third kappa shape index (κ3) is 2.30. The number of nitrogens with one attached hydrogen (secondary N) is 1. The number of amides is 1. The zero-order chi connectivity index (χ0) is 11.5. The van der Waals surface area contributed by atoms with E-state index >= 15 is 0 Å². The van der Waals surface area contributed by atoms with E-state index in [0.29, 0.717) is 16.2 Å². The van der Waals surface area contributed by atoms with Gasteiger partial charge in [-0.05, 0) is 47.9 Å². The van der Waals surface area contributed by atoms with Crippen molar-refractivity contribution < 1.29 is 9.21 Å². The van der Waals surface area contributed by atoms with Gasteiger partial charge in [-0.25, -0.2) is 0 Å². The predicted octanol–water partition coefficient (Wildman–Crippen LogP) is 1.72. The molecule has 1 aromatic heterocycles. The highest BCUT2D eigenvalue weighted by Gasteiger charge is 2.28. The molecule has 1 aliphatic rings. The number of furan rings is 1. The Balaban J connectivity index is 2.00. The molecule has 0 bridgehead atoms. The Morgan fingerprint density at radius 1 is 1.75 bits per heavy atom. The van der Waals surface area contributed by atoms with E-state index in [2.05, 4.69) is 21.2 Å². The van der Waals surface area contributed by atoms with Crippen LogP contribution < -0.4 is 5.32 Å². The van der Waals surface area contributed by atoms with Gasteiger partial charge in [0.25, 0.3) is 5.91 Å². The molecule has 0 spiro atoms. The van der Waals surface area contributed by atoms with Crippen LogP contribution in [0.3, 0.4) is 0 Å². The number of hydrogen-bond acceptors (Lipinski definition) is 3. The average molecular weight is 287 g/mol. The molecule has 0 radical (unpaired) electrons. The summed E-state index contributed by atoms with van der Waals surface area (Å²) in [5.41, 5.74) is 0.616. The number of rotatable bonds is 3. The van der Waals surface area contributed by atoms with E-state index < -0.39 is 0 Å². The largest absolute Gasteiger partial charge is 0.457 e. The standard InChI is InChI=1S/C11H15BrN2O2/c1-13-6-8-2-4-14(7-8)11(15)9-3-5-16-10(9)12/h3,5,8,13H,2,4,6-7H2,1H3. The van der Waals surface area contributed by atoms with Crippen LogP contribution in [0.25, 0.3) is 0 Å². The zero-order valence-corrected chi connectivity index (χ0v) is 10.8. The fourth-order valence-electron chi connectivity index (χ4n) is 2.09. The predicted molar refractivity (Wildman–Crippen MR) is 64.3 cm³/mol. The Morgan fingerprint density at radius 2 is 2.56 bits per heavy atom. The van der Waals surface area contributed by atoms with Crippen LogP contribution in [0.1, 0.15) is 16.8 Å². The summed E-state index contributed by atoms with van der Waals surface area (Å²) < 4.78 is 5.60. The second-order valence-electron chi connectivity index (χ2n) is 4.07. The van der Waals surface area contributed by atoms with E-state index in [1.165, 1.54) is 6.26 Å². The van der Waals surface area contributed by atoms with Crippen LogP contribution >= 0.6 is 15.9 Å². The zero-order valence-electron chi connectivity index (χ0n) is 9.20. The number of nitrogens with zero attached hydrogens (tertiary/aromatic N) is 1. The van der Waals surface area contributed by atoms with Crippen LogP contribution in [0.2, 0.25) is 0 Å². The third-order valence-electron chi connectivity index (χ3n) is 2.91. The number of halogens is 1. The Bertz CT molecular complexity index is 378. The molecule has 1 amide bonds. The maximum Gasteiger partial charge on any atom is 0.258 e. The Kier molecular flexibility index (Phi) is 3.66. The summed E-state index contributed by atoms with van der Waals surface area (Å²) in [4.78, 5) is 14.0. The fraction of sp³-hybridized carbons (Fsp3) is 0.545. The van der Waals surface area contributed by atoms with E-state index in [4.69, 9.17) is 4.42 Å². The van der Waals surface area contributed by atoms with E-state index in [1.807, 2.05) is 11.9 Å². The van der Waals surface area contributed by atoms with Gasteiger partial charge in [-0.15, -0.1) is 0 Å². The number of hydrogen-bond donors (Lipinski definition) is 1. The maximum absolute atomic E-state index is 12.1. The highest BCUT2D eigenvalue weighted by molar-refractivity contribution is 9.10. The molecule has 0 aliphatic carbocycles. The van der Waals surface area contributed by atoms with Crippen molar-refractivity contribution in [1.82, 2.24) is 10.2 Å². The van der Waals surface area contributed by atoms with Crippen molar-refractivity contribution in [2.75, 3.05) is 26.7 Å². The van der Waals surface area contributed by atoms with Gasteiger partial charge in [0.05, 0.1) is 11.8 Å². The molecule has 16 heavy (non-hydrogen) atoms. The van der Waals surface area contributed by atoms with Crippen molar-refractivity contribution >= 4 is 21.8 Å². The van der Waals surface area contributed by atoms with Gasteiger partial charge in [0.2, 0.25) is 0 Å². The molecule has 4 nitrogen and oxygen atoms in total. The highest BCUT2D eigenvalue weighted by Crippen LogP contribution is 2.23. The lowest BCUT2D eigenvalue weighted by molar-refractivity contribution is 0.0785. The van der Waals surface area contributed by atoms with Crippen molar-refractivity contribution in [3.05, 3.63) is 22.6 Å². The van der Waals surface area contributed by atoms with E-state index in [9.17, 15) is 4.79 Å². The van der Waals surface area contributed by atoms with Crippen LogP contribution in [0.4, 0.5) is 0 Å². The van der Waals surface area contributed by atoms with Gasteiger partial charge in [0, 0.05) is 13.1 Å². The molecule has 2 rings (SSSR count). The molecule has 1 N–H and O–H groups in total. The molecule has 1 aliphatic heterocycles. The number of likely N-dealkylation sites (tertiary alicyclic amines) is 1. The smallest absolute Gasteiger partial charge is 0.258 e. The summed E-state index contributed by atoms with van der Waals surface area (Å²) in [5, 5.41) is 3.15. The molecule has 2 heterocycles. The second-order valence-corrected chi connectivity index (χ2v) is 4.79. The molecule has 0 saturated carbocycles. The van der Waals surface area contributed by atoms with Gasteiger partial charge >= 0.3 is 0 Å². The monoisotopic (exact) mass is 286 g/mol. The highest BCUT2D eigenvalue weighted by atomic mass is 79.9. The molecule has 1 unspecified atom stereocenters. The Hall–Kier alpha value is -0.810. The van der Waals surface area contributed by atoms with Crippen LogP contribution in [-0.4, -0.2) is 37.5 Å². The van der Waals surface area contributed by atoms with Crippen molar-refractivity contribution in [2.45, 2.75) is 6.42 Å². The topological polar surface area (TPSA) is 45.5 Å². The van der Waals surface area contributed by atoms with Gasteiger partial charge in [-0.3, -0.25) is 4.79 Å². The van der Waals surface area contributed by atoms with E-state index in [0.717, 1.165) is 26.1 Å². The molecule has 1 aromatic rings. The lowest BCUT2D eigenvalue weighted by atomic mass is 10.1. The average Bonchev–Trinajstić information content (AvgIpc) is 2.87. The first-order chi connectivity index (χ1) is 7.72. The number of carbonyl (C=O) groups is 1. The summed E-state index contributed by atoms with van der Waals surface area (Å²) >= 11 is 3.23. The SMILES string of the molecule is CNCC1CCN(C(=O)c2ccoc2Br)C1. The van der Waals surface area contributed by atoms with Gasteiger partial charge in [-0.1, -0.05) is 0 Å². The molecular formula is C11H15BrN2O2. The summed E-state index contributed by atoms with van der Waals surface area (Å²) in [6, 6.07) is 1.71. The third-order valence-corrected chi connectivity index (χ3v) is 3.53. The minimum Gasteiger partial charge on any atom is -0.457 e. The van der Waals surface area contributed by atoms with Gasteiger partial charge in [0.15, 0.2) is 4.67 Å². The quantitative estimate of drug-likeness (QED) is 0.920. The van der Waals surface area contributed by atoms with E-state index in [-0.39, 0.29) is 5.91 Å². The lowest BCUT2D eigenvalue weighted by Gasteiger charge is -2.15. The molecular weight excluding hydrogens is 272 g/mol. The summed E-state index contributed by atoms with van der Waals surface area (Å²) in [7, 11) is 1.94. The second kappa shape index (κ2) is 5.01. The van der Waals surface area contributed by atoms with Crippen molar-refractivity contribution in [3.63, 3.8) is 0 Å². The Labute approximate surface area is 103 Å². The molecule has 5 heteroatoms. The Morgan fingerprint density at radius 3 is 3.19 bits per heavy atom. The molecule has 88 valence electrons. The van der Waals surface area contributed by atoms with Crippen LogP contribution in [-0.2, 0) is 0 Å². The van der Waals surface area contributed by atoms with E-state index in [1.54, 1.807) is 6.07 Å². The van der Waals surface area contributed by atoms with Gasteiger partial charge in [0.1, 0.15) is 0 Å². The normalized spacial score (nSPS) is 20.4. The minimum absolute atomic E-state index is 0.0548. The minimum atomic E-state index is 0.0548. The summed E-state index contributed by atoms with van der Waals surface area (Å²) in [5.74, 6) is 0.624. The number of carbonyl (C=O) groups excluding carboxylic acids is 1. The first-order valence-electron chi connectivity index (χ1n) is 5.39. The first-order valence-corrected chi connectivity index (χ1v) is 6.18. The molecule has 1 saturated heterocycles. The first kappa shape index (κ1) is 11.7. The maximum atomic E-state index is 12.1. The lowest BCUT2D eigenvalue weighted by Crippen LogP contribution is -2.30. The van der Waals surface area contributed by atoms with Crippen LogP contribution in [0.15, 0.2) is 21.4 Å². The van der Waals surface area contributed by atoms with Crippen molar-refractivity contribution in [3.8, 4) is 0 Å². The van der Waals surface area contributed by atoms with Gasteiger partial charge in [-0.2, -0.15) is 0 Å². The molecule has 1 fully saturated rings. The van der Waals surface area contributed by atoms with Crippen LogP contribution in [0.5, 0.6) is 0 Å². The van der Waals surface area contributed by atoms with Crippen molar-refractivity contribution in [2.24, 2.45) is 5.92 Å². The molecule has 1 atom stereocenters. The van der Waals surface area contributed by atoms with Gasteiger partial charge < -0.3 is 14.6 Å². The fourth-order valence-corrected chi connectivity index (χ4v) is 2.50. The molecule has 0 aromatic carbocycles. The van der Waals surface area contributed by atoms with Crippen molar-refractivity contribution in [1.29, 1.82) is 0 Å².